The maximum absolute atomic E-state index is 13.0. The van der Waals surface area contributed by atoms with Gasteiger partial charge in [-0.25, -0.2) is 8.51 Å². The molecule has 11 heteroatoms. The number of benzene rings is 2. The molecule has 3 aliphatic rings. The van der Waals surface area contributed by atoms with Gasteiger partial charge in [0.05, 0.1) is 12.8 Å². The van der Waals surface area contributed by atoms with Crippen molar-refractivity contribution in [1.82, 2.24) is 18.5 Å². The number of primary amides is 1. The van der Waals surface area contributed by atoms with Gasteiger partial charge >= 0.3 is 11.8 Å². The summed E-state index contributed by atoms with van der Waals surface area (Å²) in [6.07, 6.45) is 14.3. The van der Waals surface area contributed by atoms with Crippen molar-refractivity contribution in [3.63, 3.8) is 0 Å². The Morgan fingerprint density at radius 3 is 2.19 bits per heavy atom. The predicted molar refractivity (Wildman–Crippen MR) is 194 cm³/mol. The topological polar surface area (TPSA) is 127 Å². The first-order valence-corrected chi connectivity index (χ1v) is 17.6. The summed E-state index contributed by atoms with van der Waals surface area (Å²) in [5.74, 6) is 1.27. The Labute approximate surface area is 288 Å². The van der Waals surface area contributed by atoms with Gasteiger partial charge in [-0.3, -0.25) is 19.1 Å². The monoisotopic (exact) mass is 677 g/mol. The normalized spacial score (nSPS) is 19.5. The molecule has 2 aliphatic carbocycles. The molecule has 260 valence electrons. The van der Waals surface area contributed by atoms with E-state index in [1.165, 1.54) is 78.3 Å². The average Bonchev–Trinajstić information content (AvgIpc) is 3.67. The van der Waals surface area contributed by atoms with E-state index in [1.54, 1.807) is 21.2 Å². The van der Waals surface area contributed by atoms with Crippen LogP contribution in [0.3, 0.4) is 0 Å². The Hall–Kier alpha value is -4.14. The molecule has 2 saturated carbocycles. The van der Waals surface area contributed by atoms with Gasteiger partial charge in [0.2, 0.25) is 0 Å². The number of nitrogens with one attached hydrogen (secondary N) is 1. The highest BCUT2D eigenvalue weighted by atomic mass is 32.2. The van der Waals surface area contributed by atoms with Gasteiger partial charge in [0.15, 0.2) is 11.2 Å². The van der Waals surface area contributed by atoms with E-state index < -0.39 is 23.0 Å². The van der Waals surface area contributed by atoms with Crippen LogP contribution in [0.15, 0.2) is 36.4 Å². The predicted octanol–water partition coefficient (Wildman–Crippen LogP) is 5.43. The summed E-state index contributed by atoms with van der Waals surface area (Å²) >= 11 is -1.56. The lowest BCUT2D eigenvalue weighted by atomic mass is 9.81. The van der Waals surface area contributed by atoms with Gasteiger partial charge in [-0.15, -0.1) is 12.8 Å². The lowest BCUT2D eigenvalue weighted by molar-refractivity contribution is -0.142. The van der Waals surface area contributed by atoms with E-state index in [0.29, 0.717) is 29.2 Å². The van der Waals surface area contributed by atoms with Crippen LogP contribution in [0, 0.1) is 24.7 Å². The Kier molecular flexibility index (Phi) is 13.4. The minimum absolute atomic E-state index is 0.310. The van der Waals surface area contributed by atoms with Gasteiger partial charge in [0.25, 0.3) is 5.91 Å². The number of fused-ring (bicyclic) bond motifs is 7. The third-order valence-electron chi connectivity index (χ3n) is 9.34. The number of nitrogens with two attached hydrogens (primary N) is 1. The third kappa shape index (κ3) is 7.93. The van der Waals surface area contributed by atoms with Crippen molar-refractivity contribution >= 4 is 39.8 Å². The molecule has 2 fully saturated rings. The van der Waals surface area contributed by atoms with Crippen molar-refractivity contribution in [1.29, 1.82) is 0 Å². The van der Waals surface area contributed by atoms with Crippen molar-refractivity contribution in [3.05, 3.63) is 53.1 Å². The minimum atomic E-state index is -1.56. The Bertz CT molecular complexity index is 1670. The van der Waals surface area contributed by atoms with Crippen LogP contribution in [0.25, 0.3) is 22.2 Å². The van der Waals surface area contributed by atoms with Crippen LogP contribution in [0.1, 0.15) is 86.2 Å². The Morgan fingerprint density at radius 1 is 1.00 bits per heavy atom. The molecule has 0 spiro atoms. The number of rotatable bonds is 5. The number of carbonyl (C=O) groups is 3. The molecule has 2 aromatic carbocycles. The average molecular weight is 678 g/mol. The SMILES string of the molecule is C#C.CC.CN(C)C(=O)C(N)=O.COc1ccc2c(c1)C1C(Cn3c-2c(C2CCCCC2)c2ccc(C(=O)NS(=O)N(C)C)cc23)[C@H]1C. The van der Waals surface area contributed by atoms with Crippen LogP contribution >= 0.6 is 0 Å². The molecule has 3 aromatic rings. The number of likely N-dealkylation sites (N-methyl/N-ethyl adjacent to an activating group) is 1. The molecule has 10 nitrogen and oxygen atoms in total. The Morgan fingerprint density at radius 2 is 1.65 bits per heavy atom. The molecule has 0 saturated heterocycles. The summed E-state index contributed by atoms with van der Waals surface area (Å²) in [5, 5.41) is 1.26. The van der Waals surface area contributed by atoms with Crippen LogP contribution in [-0.2, 0) is 27.3 Å². The number of hydrogen-bond donors (Lipinski definition) is 2. The van der Waals surface area contributed by atoms with Crippen LogP contribution < -0.4 is 15.2 Å². The molecule has 1 aromatic heterocycles. The summed E-state index contributed by atoms with van der Waals surface area (Å²) in [4.78, 5) is 34.4. The van der Waals surface area contributed by atoms with E-state index in [9.17, 15) is 18.6 Å². The largest absolute Gasteiger partial charge is 0.497 e. The van der Waals surface area contributed by atoms with Crippen molar-refractivity contribution in [2.75, 3.05) is 35.3 Å². The molecular weight excluding hydrogens is 627 g/mol. The fraction of sp³-hybridized carbons (Fsp3) is 0.486. The van der Waals surface area contributed by atoms with E-state index in [2.05, 4.69) is 59.1 Å². The molecule has 0 radical (unpaired) electrons. The van der Waals surface area contributed by atoms with Gasteiger partial charge in [-0.05, 0) is 78.0 Å². The number of hydrogen-bond acceptors (Lipinski definition) is 5. The van der Waals surface area contributed by atoms with Crippen LogP contribution in [-0.4, -0.2) is 71.0 Å². The lowest BCUT2D eigenvalue weighted by Crippen LogP contribution is -2.34. The van der Waals surface area contributed by atoms with Crippen molar-refractivity contribution in [2.45, 2.75) is 71.3 Å². The smallest absolute Gasteiger partial charge is 0.311 e. The summed E-state index contributed by atoms with van der Waals surface area (Å²) < 4.78 is 24.5. The fourth-order valence-corrected chi connectivity index (χ4v) is 7.42. The fourth-order valence-electron chi connectivity index (χ4n) is 6.96. The Balaban J connectivity index is 0.000000454. The van der Waals surface area contributed by atoms with Crippen molar-refractivity contribution in [3.8, 4) is 29.9 Å². The first-order valence-electron chi connectivity index (χ1n) is 16.5. The second-order valence-corrected chi connectivity index (χ2v) is 13.9. The van der Waals surface area contributed by atoms with Gasteiger partial charge in [0.1, 0.15) is 5.75 Å². The van der Waals surface area contributed by atoms with E-state index in [0.717, 1.165) is 22.7 Å². The van der Waals surface area contributed by atoms with Crippen LogP contribution in [0.4, 0.5) is 0 Å². The maximum atomic E-state index is 13.0. The number of carbonyl (C=O) groups excluding carboxylic acids is 3. The number of nitrogens with zero attached hydrogens (tertiary/aromatic N) is 3. The van der Waals surface area contributed by atoms with E-state index >= 15 is 0 Å². The van der Waals surface area contributed by atoms with Crippen molar-refractivity contribution < 1.29 is 23.3 Å². The third-order valence-corrected chi connectivity index (χ3v) is 10.4. The molecule has 0 bridgehead atoms. The highest BCUT2D eigenvalue weighted by Crippen LogP contribution is 2.61. The van der Waals surface area contributed by atoms with E-state index in [4.69, 9.17) is 4.74 Å². The van der Waals surface area contributed by atoms with Gasteiger partial charge in [-0.1, -0.05) is 46.1 Å². The first kappa shape index (κ1) is 38.3. The molecule has 3 amide bonds. The maximum Gasteiger partial charge on any atom is 0.311 e. The molecule has 2 heterocycles. The molecule has 1 aliphatic heterocycles. The van der Waals surface area contributed by atoms with Gasteiger partial charge in [0, 0.05) is 56.8 Å². The lowest BCUT2D eigenvalue weighted by Gasteiger charge is -2.24. The number of aromatic nitrogens is 1. The number of terminal acetylenes is 1. The zero-order chi connectivity index (χ0) is 35.9. The molecular formula is C37H51N5O5S. The number of methoxy groups -OCH3 is 1. The highest BCUT2D eigenvalue weighted by Gasteiger charge is 2.51. The second kappa shape index (κ2) is 16.8. The zero-order valence-electron chi connectivity index (χ0n) is 29.5. The van der Waals surface area contributed by atoms with Gasteiger partial charge < -0.3 is 19.9 Å². The summed E-state index contributed by atoms with van der Waals surface area (Å²) in [7, 11) is 8.04. The molecule has 6 rings (SSSR count). The number of ether oxygens (including phenoxy) is 1. The molecule has 3 N–H and O–H groups in total. The highest BCUT2D eigenvalue weighted by molar-refractivity contribution is 7.81. The van der Waals surface area contributed by atoms with Crippen LogP contribution in [0.5, 0.6) is 5.75 Å². The molecule has 4 atom stereocenters. The van der Waals surface area contributed by atoms with E-state index in [-0.39, 0.29) is 5.91 Å². The standard InChI is InChI=1S/C29H35N3O3S.C4H8N2O2.C2H6.C2H2/c1-17-24-16-32-25-14-19(29(33)30-36(34)31(2)3)10-12-22(25)27(18-8-6-5-7-9-18)28(32)21-13-11-20(35-4)15-23(21)26(17)24;1-6(2)4(8)3(5)7;2*1-2/h10-15,17-18,24,26H,5-9,16H2,1-4H3,(H,30,33);1-2H3,(H2,5,7);1-2H3;1-2H/t17-,24?,26?,36?;;;/m1.../s1. The minimum Gasteiger partial charge on any atom is -0.497 e. The summed E-state index contributed by atoms with van der Waals surface area (Å²) in [6.45, 7) is 7.31. The van der Waals surface area contributed by atoms with E-state index in [1.807, 2.05) is 26.0 Å². The van der Waals surface area contributed by atoms with Gasteiger partial charge in [-0.2, -0.15) is 0 Å². The second-order valence-electron chi connectivity index (χ2n) is 12.5. The summed E-state index contributed by atoms with van der Waals surface area (Å²) in [6, 6.07) is 12.6. The zero-order valence-corrected chi connectivity index (χ0v) is 30.4. The number of amides is 3. The summed E-state index contributed by atoms with van der Waals surface area (Å²) in [5.41, 5.74) is 11.8. The van der Waals surface area contributed by atoms with Crippen molar-refractivity contribution in [2.24, 2.45) is 17.6 Å². The molecule has 48 heavy (non-hydrogen) atoms. The first-order chi connectivity index (χ1) is 22.9. The quantitative estimate of drug-likeness (QED) is 0.275. The molecule has 3 unspecified atom stereocenters. The van der Waals surface area contributed by atoms with Crippen LogP contribution in [0.2, 0.25) is 0 Å².